The molecule has 2 aliphatic rings. The molecule has 8 heteroatoms. The van der Waals surface area contributed by atoms with Gasteiger partial charge in [0, 0.05) is 57.3 Å². The molecule has 0 radical (unpaired) electrons. The van der Waals surface area contributed by atoms with Gasteiger partial charge in [0.15, 0.2) is 11.6 Å². The summed E-state index contributed by atoms with van der Waals surface area (Å²) in [7, 11) is 0. The fourth-order valence-corrected chi connectivity index (χ4v) is 3.74. The van der Waals surface area contributed by atoms with Crippen LogP contribution in [0.4, 0.5) is 13.2 Å². The molecule has 4 N–H and O–H groups in total. The lowest BCUT2D eigenvalue weighted by Crippen LogP contribution is -2.49. The van der Waals surface area contributed by atoms with E-state index in [1.165, 1.54) is 0 Å². The monoisotopic (exact) mass is 384 g/mol. The lowest BCUT2D eigenvalue weighted by molar-refractivity contribution is -0.132. The van der Waals surface area contributed by atoms with Gasteiger partial charge in [-0.15, -0.1) is 0 Å². The van der Waals surface area contributed by atoms with E-state index in [1.54, 1.807) is 0 Å². The molecule has 1 amide bonds. The van der Waals surface area contributed by atoms with E-state index in [-0.39, 0.29) is 30.4 Å². The Morgan fingerprint density at radius 3 is 2.67 bits per heavy atom. The van der Waals surface area contributed by atoms with Crippen molar-refractivity contribution in [2.75, 3.05) is 32.7 Å². The molecule has 2 atom stereocenters. The van der Waals surface area contributed by atoms with Crippen molar-refractivity contribution in [3.05, 3.63) is 35.1 Å². The SMILES string of the molecule is N[C@@H](CC(=O)N1CCCC1CNCC1CNC1)Cc1cc(F)c(F)cc1F. The molecule has 1 aromatic carbocycles. The van der Waals surface area contributed by atoms with E-state index in [9.17, 15) is 18.0 Å². The van der Waals surface area contributed by atoms with Crippen LogP contribution in [-0.4, -0.2) is 55.6 Å². The van der Waals surface area contributed by atoms with Crippen LogP contribution in [0.15, 0.2) is 12.1 Å². The topological polar surface area (TPSA) is 70.4 Å². The minimum atomic E-state index is -1.23. The number of likely N-dealkylation sites (tertiary alicyclic amines) is 1. The lowest BCUT2D eigenvalue weighted by Gasteiger charge is -2.30. The molecule has 0 bridgehead atoms. The second kappa shape index (κ2) is 9.03. The van der Waals surface area contributed by atoms with Crippen molar-refractivity contribution in [2.45, 2.75) is 37.8 Å². The summed E-state index contributed by atoms with van der Waals surface area (Å²) >= 11 is 0. The highest BCUT2D eigenvalue weighted by atomic mass is 19.2. The van der Waals surface area contributed by atoms with Gasteiger partial charge in [0.25, 0.3) is 0 Å². The Hall–Kier alpha value is -1.64. The van der Waals surface area contributed by atoms with Gasteiger partial charge in [0.05, 0.1) is 0 Å². The number of halogens is 3. The Morgan fingerprint density at radius 1 is 1.22 bits per heavy atom. The summed E-state index contributed by atoms with van der Waals surface area (Å²) in [5.74, 6) is -2.59. The molecule has 2 heterocycles. The average Bonchev–Trinajstić information content (AvgIpc) is 3.03. The maximum absolute atomic E-state index is 13.8. The molecular formula is C19H27F3N4O. The number of hydrogen-bond acceptors (Lipinski definition) is 4. The van der Waals surface area contributed by atoms with E-state index < -0.39 is 23.5 Å². The zero-order chi connectivity index (χ0) is 19.4. The molecule has 0 aromatic heterocycles. The number of nitrogens with two attached hydrogens (primary N) is 1. The molecule has 3 rings (SSSR count). The number of rotatable bonds is 8. The maximum Gasteiger partial charge on any atom is 0.224 e. The summed E-state index contributed by atoms with van der Waals surface area (Å²) < 4.78 is 40.1. The minimum Gasteiger partial charge on any atom is -0.338 e. The van der Waals surface area contributed by atoms with Crippen LogP contribution in [0.25, 0.3) is 0 Å². The summed E-state index contributed by atoms with van der Waals surface area (Å²) in [5, 5.41) is 6.66. The number of carbonyl (C=O) groups is 1. The molecule has 2 saturated heterocycles. The Kier molecular flexibility index (Phi) is 6.73. The molecule has 27 heavy (non-hydrogen) atoms. The second-order valence-corrected chi connectivity index (χ2v) is 7.59. The molecule has 1 aromatic rings. The van der Waals surface area contributed by atoms with Gasteiger partial charge < -0.3 is 21.3 Å². The number of nitrogens with zero attached hydrogens (tertiary/aromatic N) is 1. The Bertz CT molecular complexity index is 669. The van der Waals surface area contributed by atoms with Crippen LogP contribution in [0.2, 0.25) is 0 Å². The first kappa shape index (κ1) is 20.1. The Morgan fingerprint density at radius 2 is 1.96 bits per heavy atom. The molecular weight excluding hydrogens is 357 g/mol. The first-order chi connectivity index (χ1) is 12.9. The van der Waals surface area contributed by atoms with Crippen LogP contribution in [-0.2, 0) is 11.2 Å². The summed E-state index contributed by atoms with van der Waals surface area (Å²) in [6, 6.07) is 0.830. The smallest absolute Gasteiger partial charge is 0.224 e. The highest BCUT2D eigenvalue weighted by Crippen LogP contribution is 2.20. The van der Waals surface area contributed by atoms with Gasteiger partial charge in [-0.25, -0.2) is 13.2 Å². The summed E-state index contributed by atoms with van der Waals surface area (Å²) in [6.45, 7) is 4.48. The fraction of sp³-hybridized carbons (Fsp3) is 0.632. The van der Waals surface area contributed by atoms with Crippen molar-refractivity contribution >= 4 is 5.91 Å². The van der Waals surface area contributed by atoms with E-state index in [1.807, 2.05) is 4.90 Å². The van der Waals surface area contributed by atoms with Gasteiger partial charge in [-0.05, 0) is 36.8 Å². The van der Waals surface area contributed by atoms with E-state index in [0.29, 0.717) is 18.5 Å². The standard InChI is InChI=1S/C19H27F3N4O/c20-16-7-18(22)17(21)5-13(16)4-14(23)6-19(27)26-3-1-2-15(26)11-25-10-12-8-24-9-12/h5,7,12,14-15,24-25H,1-4,6,8-11,23H2/t14-,15?/m1/s1. The molecule has 5 nitrogen and oxygen atoms in total. The number of carbonyl (C=O) groups excluding carboxylic acids is 1. The average molecular weight is 384 g/mol. The van der Waals surface area contributed by atoms with Crippen molar-refractivity contribution in [2.24, 2.45) is 11.7 Å². The fourth-order valence-electron chi connectivity index (χ4n) is 3.74. The third kappa shape index (κ3) is 5.21. The van der Waals surface area contributed by atoms with E-state index in [4.69, 9.17) is 5.73 Å². The molecule has 2 aliphatic heterocycles. The van der Waals surface area contributed by atoms with Crippen LogP contribution < -0.4 is 16.4 Å². The van der Waals surface area contributed by atoms with Crippen LogP contribution in [0.3, 0.4) is 0 Å². The van der Waals surface area contributed by atoms with E-state index >= 15 is 0 Å². The van der Waals surface area contributed by atoms with Gasteiger partial charge in [-0.1, -0.05) is 0 Å². The number of benzene rings is 1. The highest BCUT2D eigenvalue weighted by molar-refractivity contribution is 5.77. The van der Waals surface area contributed by atoms with Crippen molar-refractivity contribution < 1.29 is 18.0 Å². The minimum absolute atomic E-state index is 0.0112. The van der Waals surface area contributed by atoms with Gasteiger partial charge in [-0.3, -0.25) is 4.79 Å². The third-order valence-electron chi connectivity index (χ3n) is 5.38. The Balaban J connectivity index is 1.48. The van der Waals surface area contributed by atoms with Gasteiger partial charge in [0.1, 0.15) is 5.82 Å². The van der Waals surface area contributed by atoms with Crippen LogP contribution in [0.5, 0.6) is 0 Å². The number of nitrogens with one attached hydrogen (secondary N) is 2. The third-order valence-corrected chi connectivity index (χ3v) is 5.38. The molecule has 1 unspecified atom stereocenters. The molecule has 0 saturated carbocycles. The predicted molar refractivity (Wildman–Crippen MR) is 96.6 cm³/mol. The molecule has 0 spiro atoms. The largest absolute Gasteiger partial charge is 0.338 e. The van der Waals surface area contributed by atoms with Crippen LogP contribution >= 0.6 is 0 Å². The van der Waals surface area contributed by atoms with Crippen LogP contribution in [0.1, 0.15) is 24.8 Å². The van der Waals surface area contributed by atoms with E-state index in [2.05, 4.69) is 10.6 Å². The zero-order valence-electron chi connectivity index (χ0n) is 15.3. The van der Waals surface area contributed by atoms with Crippen molar-refractivity contribution in [1.29, 1.82) is 0 Å². The molecule has 0 aliphatic carbocycles. The van der Waals surface area contributed by atoms with Gasteiger partial charge in [-0.2, -0.15) is 0 Å². The lowest BCUT2D eigenvalue weighted by atomic mass is 10.0. The maximum atomic E-state index is 13.8. The number of amides is 1. The highest BCUT2D eigenvalue weighted by Gasteiger charge is 2.29. The first-order valence-electron chi connectivity index (χ1n) is 9.54. The van der Waals surface area contributed by atoms with E-state index in [0.717, 1.165) is 45.1 Å². The predicted octanol–water partition coefficient (Wildman–Crippen LogP) is 1.16. The van der Waals surface area contributed by atoms with Gasteiger partial charge in [0.2, 0.25) is 5.91 Å². The first-order valence-corrected chi connectivity index (χ1v) is 9.54. The van der Waals surface area contributed by atoms with Crippen molar-refractivity contribution in [1.82, 2.24) is 15.5 Å². The summed E-state index contributed by atoms with van der Waals surface area (Å²) in [4.78, 5) is 14.4. The van der Waals surface area contributed by atoms with Crippen molar-refractivity contribution in [3.63, 3.8) is 0 Å². The number of hydrogen-bond donors (Lipinski definition) is 3. The van der Waals surface area contributed by atoms with Crippen molar-refractivity contribution in [3.8, 4) is 0 Å². The second-order valence-electron chi connectivity index (χ2n) is 7.59. The zero-order valence-corrected chi connectivity index (χ0v) is 15.3. The van der Waals surface area contributed by atoms with Gasteiger partial charge >= 0.3 is 0 Å². The molecule has 2 fully saturated rings. The summed E-state index contributed by atoms with van der Waals surface area (Å²) in [5.41, 5.74) is 5.98. The normalized spacial score (nSPS) is 21.3. The summed E-state index contributed by atoms with van der Waals surface area (Å²) in [6.07, 6.45) is 1.95. The van der Waals surface area contributed by atoms with Crippen LogP contribution in [0, 0.1) is 23.4 Å². The quantitative estimate of drug-likeness (QED) is 0.589. The Labute approximate surface area is 157 Å². The molecule has 150 valence electrons.